The molecule has 1 unspecified atom stereocenters. The average Bonchev–Trinajstić information content (AvgIpc) is 3.35. The van der Waals surface area contributed by atoms with E-state index in [-0.39, 0.29) is 29.4 Å². The summed E-state index contributed by atoms with van der Waals surface area (Å²) in [5.41, 5.74) is 6.25. The zero-order valence-electron chi connectivity index (χ0n) is 25.8. The Morgan fingerprint density at radius 3 is 2.52 bits per heavy atom. The Morgan fingerprint density at radius 2 is 1.82 bits per heavy atom. The molecule has 4 aromatic rings. The number of hydrogen-bond donors (Lipinski definition) is 1. The molecule has 1 atom stereocenters. The summed E-state index contributed by atoms with van der Waals surface area (Å²) < 4.78 is 18.4. The third-order valence-electron chi connectivity index (χ3n) is 7.59. The lowest BCUT2D eigenvalue weighted by Gasteiger charge is -2.24. The van der Waals surface area contributed by atoms with Crippen molar-refractivity contribution in [1.82, 2.24) is 15.1 Å². The van der Waals surface area contributed by atoms with Crippen LogP contribution in [0.2, 0.25) is 0 Å². The molecule has 0 fully saturated rings. The summed E-state index contributed by atoms with van der Waals surface area (Å²) >= 11 is 1.49. The van der Waals surface area contributed by atoms with Crippen LogP contribution in [0, 0.1) is 13.8 Å². The number of ether oxygens (including phenoxy) is 3. The molecule has 0 saturated heterocycles. The molecule has 9 nitrogen and oxygen atoms in total. The SMILES string of the molecule is COCCCNC(=O)CN1C(=O)CSC(c2cc(OC)ccc2OC)c2c(-c3ccccc3)nn(-c3ccc(C)cc3C)c21. The number of anilines is 1. The van der Waals surface area contributed by atoms with E-state index in [4.69, 9.17) is 19.3 Å². The lowest BCUT2D eigenvalue weighted by Crippen LogP contribution is -2.42. The fourth-order valence-electron chi connectivity index (χ4n) is 5.47. The lowest BCUT2D eigenvalue weighted by atomic mass is 9.98. The van der Waals surface area contributed by atoms with E-state index in [1.165, 1.54) is 11.8 Å². The standard InChI is InChI=1S/C34H38N4O5S/c1-22-12-14-27(23(2)18-22)38-34-31(32(36-38)24-10-7-6-8-11-24)33(26-19-25(42-4)13-15-28(26)43-5)44-21-30(40)37(34)20-29(39)35-16-9-17-41-3/h6-8,10-15,18-19,33H,9,16-17,20-21H2,1-5H3,(H,35,39). The van der Waals surface area contributed by atoms with Crippen LogP contribution in [0.25, 0.3) is 16.9 Å². The number of fused-ring (bicyclic) bond motifs is 1. The highest BCUT2D eigenvalue weighted by atomic mass is 32.2. The highest BCUT2D eigenvalue weighted by molar-refractivity contribution is 8.00. The van der Waals surface area contributed by atoms with Crippen molar-refractivity contribution in [3.63, 3.8) is 0 Å². The Kier molecular flexibility index (Phi) is 9.92. The molecule has 44 heavy (non-hydrogen) atoms. The van der Waals surface area contributed by atoms with Gasteiger partial charge in [-0.1, -0.05) is 48.0 Å². The fraction of sp³-hybridized carbons (Fsp3) is 0.324. The Hall–Kier alpha value is -4.28. The van der Waals surface area contributed by atoms with Crippen LogP contribution in [0.15, 0.2) is 66.7 Å². The van der Waals surface area contributed by atoms with Gasteiger partial charge in [0.15, 0.2) is 0 Å². The molecule has 0 saturated carbocycles. The molecule has 0 aliphatic carbocycles. The van der Waals surface area contributed by atoms with Crippen LogP contribution in [0.1, 0.15) is 33.9 Å². The van der Waals surface area contributed by atoms with Gasteiger partial charge in [0.1, 0.15) is 23.9 Å². The third-order valence-corrected chi connectivity index (χ3v) is 8.82. The van der Waals surface area contributed by atoms with Crippen LogP contribution >= 0.6 is 11.8 Å². The van der Waals surface area contributed by atoms with E-state index in [0.717, 1.165) is 39.2 Å². The van der Waals surface area contributed by atoms with E-state index < -0.39 is 0 Å². The highest BCUT2D eigenvalue weighted by Crippen LogP contribution is 2.51. The number of thioether (sulfide) groups is 1. The molecule has 1 N–H and O–H groups in total. The summed E-state index contributed by atoms with van der Waals surface area (Å²) in [6, 6.07) is 21.7. The van der Waals surface area contributed by atoms with Gasteiger partial charge in [-0.05, 0) is 50.1 Å². The maximum absolute atomic E-state index is 14.0. The summed E-state index contributed by atoms with van der Waals surface area (Å²) in [5, 5.41) is 7.79. The molecule has 0 radical (unpaired) electrons. The van der Waals surface area contributed by atoms with Gasteiger partial charge in [-0.15, -0.1) is 11.8 Å². The molecule has 5 rings (SSSR count). The van der Waals surface area contributed by atoms with Crippen molar-refractivity contribution >= 4 is 29.4 Å². The number of rotatable bonds is 11. The molecule has 2 amide bonds. The van der Waals surface area contributed by atoms with Crippen molar-refractivity contribution in [2.45, 2.75) is 25.5 Å². The van der Waals surface area contributed by atoms with Crippen LogP contribution in [0.5, 0.6) is 11.5 Å². The highest BCUT2D eigenvalue weighted by Gasteiger charge is 2.39. The number of aryl methyl sites for hydroxylation is 2. The fourth-order valence-corrected chi connectivity index (χ4v) is 6.69. The number of hydrogen-bond acceptors (Lipinski definition) is 7. The first-order chi connectivity index (χ1) is 21.4. The average molecular weight is 615 g/mol. The van der Waals surface area contributed by atoms with Gasteiger partial charge in [-0.2, -0.15) is 5.10 Å². The minimum atomic E-state index is -0.358. The van der Waals surface area contributed by atoms with Crippen molar-refractivity contribution < 1.29 is 23.8 Å². The normalized spacial score (nSPS) is 14.6. The van der Waals surface area contributed by atoms with Crippen molar-refractivity contribution in [2.75, 3.05) is 51.7 Å². The number of nitrogens with one attached hydrogen (secondary N) is 1. The second kappa shape index (κ2) is 14.0. The number of nitrogens with zero attached hydrogens (tertiary/aromatic N) is 3. The smallest absolute Gasteiger partial charge is 0.240 e. The van der Waals surface area contributed by atoms with E-state index in [0.29, 0.717) is 36.9 Å². The molecular weight excluding hydrogens is 576 g/mol. The van der Waals surface area contributed by atoms with Gasteiger partial charge in [0.25, 0.3) is 0 Å². The maximum atomic E-state index is 14.0. The van der Waals surface area contributed by atoms with Gasteiger partial charge in [-0.3, -0.25) is 14.5 Å². The molecule has 1 aliphatic heterocycles. The summed E-state index contributed by atoms with van der Waals surface area (Å²) in [6.45, 7) is 4.91. The molecular formula is C34H38N4O5S. The zero-order chi connectivity index (χ0) is 31.2. The quantitative estimate of drug-likeness (QED) is 0.223. The number of benzene rings is 3. The first kappa shape index (κ1) is 31.2. The number of methoxy groups -OCH3 is 3. The Balaban J connectivity index is 1.78. The summed E-state index contributed by atoms with van der Waals surface area (Å²) in [5.74, 6) is 1.62. The minimum absolute atomic E-state index is 0.147. The van der Waals surface area contributed by atoms with Crippen LogP contribution in [-0.4, -0.2) is 68.4 Å². The monoisotopic (exact) mass is 614 g/mol. The van der Waals surface area contributed by atoms with Gasteiger partial charge < -0.3 is 19.5 Å². The van der Waals surface area contributed by atoms with Crippen LogP contribution in [0.4, 0.5) is 5.82 Å². The van der Waals surface area contributed by atoms with E-state index in [2.05, 4.69) is 11.4 Å². The van der Waals surface area contributed by atoms with E-state index >= 15 is 0 Å². The molecule has 1 aromatic heterocycles. The van der Waals surface area contributed by atoms with Gasteiger partial charge in [0.2, 0.25) is 11.8 Å². The topological polar surface area (TPSA) is 94.9 Å². The zero-order valence-corrected chi connectivity index (χ0v) is 26.6. The molecule has 3 aromatic carbocycles. The maximum Gasteiger partial charge on any atom is 0.240 e. The van der Waals surface area contributed by atoms with Crippen molar-refractivity contribution in [2.24, 2.45) is 0 Å². The van der Waals surface area contributed by atoms with Gasteiger partial charge in [-0.25, -0.2) is 4.68 Å². The van der Waals surface area contributed by atoms with Crippen molar-refractivity contribution in [1.29, 1.82) is 0 Å². The Labute approximate surface area is 262 Å². The predicted molar refractivity (Wildman–Crippen MR) is 174 cm³/mol. The third kappa shape index (κ3) is 6.46. The van der Waals surface area contributed by atoms with Crippen molar-refractivity contribution in [3.8, 4) is 28.4 Å². The Morgan fingerprint density at radius 1 is 1.02 bits per heavy atom. The molecule has 2 heterocycles. The molecule has 1 aliphatic rings. The summed E-state index contributed by atoms with van der Waals surface area (Å²) in [7, 11) is 4.89. The molecule has 0 bridgehead atoms. The van der Waals surface area contributed by atoms with E-state index in [9.17, 15) is 9.59 Å². The van der Waals surface area contributed by atoms with Crippen molar-refractivity contribution in [3.05, 3.63) is 89.0 Å². The van der Waals surface area contributed by atoms with Crippen LogP contribution < -0.4 is 19.7 Å². The second-order valence-electron chi connectivity index (χ2n) is 10.6. The van der Waals surface area contributed by atoms with E-state index in [1.807, 2.05) is 79.2 Å². The summed E-state index contributed by atoms with van der Waals surface area (Å²) in [6.07, 6.45) is 0.674. The predicted octanol–water partition coefficient (Wildman–Crippen LogP) is 5.50. The second-order valence-corrected chi connectivity index (χ2v) is 11.7. The number of carbonyl (C=O) groups is 2. The number of amides is 2. The van der Waals surface area contributed by atoms with Crippen LogP contribution in [0.3, 0.4) is 0 Å². The molecule has 0 spiro atoms. The number of aromatic nitrogens is 2. The molecule has 230 valence electrons. The lowest BCUT2D eigenvalue weighted by molar-refractivity contribution is -0.122. The first-order valence-electron chi connectivity index (χ1n) is 14.5. The minimum Gasteiger partial charge on any atom is -0.497 e. The first-order valence-corrected chi connectivity index (χ1v) is 15.6. The summed E-state index contributed by atoms with van der Waals surface area (Å²) in [4.78, 5) is 28.9. The largest absolute Gasteiger partial charge is 0.497 e. The number of carbonyl (C=O) groups excluding carboxylic acids is 2. The van der Waals surface area contributed by atoms with Gasteiger partial charge in [0, 0.05) is 37.0 Å². The van der Waals surface area contributed by atoms with Gasteiger partial charge in [0.05, 0.1) is 36.6 Å². The Bertz CT molecular complexity index is 1640. The van der Waals surface area contributed by atoms with Crippen LogP contribution in [-0.2, 0) is 14.3 Å². The van der Waals surface area contributed by atoms with Gasteiger partial charge >= 0.3 is 0 Å². The van der Waals surface area contributed by atoms with E-state index in [1.54, 1.807) is 26.2 Å². The molecule has 10 heteroatoms.